The first-order valence-corrected chi connectivity index (χ1v) is 10.5. The number of halogens is 3. The fourth-order valence-electron chi connectivity index (χ4n) is 3.93. The van der Waals surface area contributed by atoms with E-state index in [1.165, 1.54) is 30.6 Å². The summed E-state index contributed by atoms with van der Waals surface area (Å²) in [6.45, 7) is 3.14. The van der Waals surface area contributed by atoms with Crippen molar-refractivity contribution in [3.63, 3.8) is 0 Å². The van der Waals surface area contributed by atoms with E-state index < -0.39 is 12.3 Å². The molecule has 3 aromatic rings. The number of nitrogens with zero attached hydrogens (tertiary/aromatic N) is 3. The first-order chi connectivity index (χ1) is 16.2. The fourth-order valence-corrected chi connectivity index (χ4v) is 3.93. The molecule has 4 rings (SSSR count). The van der Waals surface area contributed by atoms with Crippen LogP contribution in [0.1, 0.15) is 15.9 Å². The molecular formula is C24H22F3N3O4. The van der Waals surface area contributed by atoms with E-state index in [2.05, 4.69) is 19.5 Å². The van der Waals surface area contributed by atoms with Gasteiger partial charge in [-0.05, 0) is 59.7 Å². The van der Waals surface area contributed by atoms with Gasteiger partial charge < -0.3 is 19.8 Å². The number of carboxylic acids is 1. The zero-order valence-electron chi connectivity index (χ0n) is 18.0. The Labute approximate surface area is 193 Å². The first-order valence-electron chi connectivity index (χ1n) is 10.5. The lowest BCUT2D eigenvalue weighted by molar-refractivity contribution is -0.274. The highest BCUT2D eigenvalue weighted by molar-refractivity contribution is 5.88. The van der Waals surface area contributed by atoms with Crippen LogP contribution >= 0.6 is 0 Å². The summed E-state index contributed by atoms with van der Waals surface area (Å²) in [5.41, 5.74) is 2.71. The van der Waals surface area contributed by atoms with E-state index in [1.54, 1.807) is 30.3 Å². The highest BCUT2D eigenvalue weighted by Crippen LogP contribution is 2.31. The van der Waals surface area contributed by atoms with Gasteiger partial charge in [0.1, 0.15) is 11.5 Å². The summed E-state index contributed by atoms with van der Waals surface area (Å²) in [5.74, 6) is -1.40. The zero-order valence-corrected chi connectivity index (χ0v) is 18.0. The van der Waals surface area contributed by atoms with E-state index in [9.17, 15) is 23.1 Å². The van der Waals surface area contributed by atoms with Crippen LogP contribution in [0.4, 0.5) is 18.9 Å². The fraction of sp³-hybridized carbons (Fsp3) is 0.250. The van der Waals surface area contributed by atoms with Gasteiger partial charge in [-0.2, -0.15) is 0 Å². The van der Waals surface area contributed by atoms with Crippen LogP contribution in [0.25, 0.3) is 11.1 Å². The minimum Gasteiger partial charge on any atom is -0.506 e. The molecule has 178 valence electrons. The topological polar surface area (TPSA) is 86.1 Å². The molecule has 1 aliphatic heterocycles. The number of alkyl halides is 3. The van der Waals surface area contributed by atoms with Gasteiger partial charge in [-0.3, -0.25) is 9.88 Å². The lowest BCUT2D eigenvalue weighted by Crippen LogP contribution is -2.46. The standard InChI is InChI=1S/C24H22F3N3O4/c25-24(26,27)34-22-10-16(9-18(12-22)19-11-21(31)14-28-13-19)15-29-5-7-30(8-6-29)20-3-1-17(2-4-20)23(32)33/h1-4,9-14,31H,5-8,15H2,(H,32,33). The molecule has 0 bridgehead atoms. The van der Waals surface area contributed by atoms with Gasteiger partial charge in [0.25, 0.3) is 0 Å². The Balaban J connectivity index is 1.48. The molecule has 2 heterocycles. The summed E-state index contributed by atoms with van der Waals surface area (Å²) in [4.78, 5) is 19.2. The largest absolute Gasteiger partial charge is 0.573 e. The molecule has 0 unspecified atom stereocenters. The summed E-state index contributed by atoms with van der Waals surface area (Å²) in [7, 11) is 0. The molecule has 0 saturated carbocycles. The molecule has 0 spiro atoms. The van der Waals surface area contributed by atoms with Crippen LogP contribution < -0.4 is 9.64 Å². The third-order valence-electron chi connectivity index (χ3n) is 5.51. The maximum atomic E-state index is 12.9. The van der Waals surface area contributed by atoms with Gasteiger partial charge in [-0.15, -0.1) is 13.2 Å². The summed E-state index contributed by atoms with van der Waals surface area (Å²) in [6, 6.07) is 12.5. The lowest BCUT2D eigenvalue weighted by Gasteiger charge is -2.36. The van der Waals surface area contributed by atoms with Crippen molar-refractivity contribution in [1.82, 2.24) is 9.88 Å². The van der Waals surface area contributed by atoms with Crippen molar-refractivity contribution < 1.29 is 32.9 Å². The number of pyridine rings is 1. The molecule has 2 aromatic carbocycles. The van der Waals surface area contributed by atoms with Crippen molar-refractivity contribution >= 4 is 11.7 Å². The first kappa shape index (κ1) is 23.4. The minimum atomic E-state index is -4.82. The summed E-state index contributed by atoms with van der Waals surface area (Å²) < 4.78 is 42.8. The van der Waals surface area contributed by atoms with Gasteiger partial charge in [0.2, 0.25) is 0 Å². The monoisotopic (exact) mass is 473 g/mol. The summed E-state index contributed by atoms with van der Waals surface area (Å²) >= 11 is 0. The Morgan fingerprint density at radius 2 is 1.68 bits per heavy atom. The van der Waals surface area contributed by atoms with Gasteiger partial charge in [-0.1, -0.05) is 0 Å². The predicted octanol–water partition coefficient (Wildman–Crippen LogP) is 4.37. The Kier molecular flexibility index (Phi) is 6.60. The van der Waals surface area contributed by atoms with Crippen LogP contribution in [0.2, 0.25) is 0 Å². The normalized spacial score (nSPS) is 14.7. The number of aromatic nitrogens is 1. The van der Waals surface area contributed by atoms with Gasteiger partial charge in [-0.25, -0.2) is 4.79 Å². The van der Waals surface area contributed by atoms with E-state index in [4.69, 9.17) is 5.11 Å². The molecule has 10 heteroatoms. The molecule has 7 nitrogen and oxygen atoms in total. The van der Waals surface area contributed by atoms with Gasteiger partial charge in [0.05, 0.1) is 11.8 Å². The van der Waals surface area contributed by atoms with E-state index in [1.807, 2.05) is 0 Å². The maximum Gasteiger partial charge on any atom is 0.573 e. The quantitative estimate of drug-likeness (QED) is 0.550. The SMILES string of the molecule is O=C(O)c1ccc(N2CCN(Cc3cc(OC(F)(F)F)cc(-c4cncc(O)c4)c3)CC2)cc1. The van der Waals surface area contributed by atoms with E-state index in [-0.39, 0.29) is 17.1 Å². The van der Waals surface area contributed by atoms with E-state index >= 15 is 0 Å². The number of piperazine rings is 1. The van der Waals surface area contributed by atoms with Crippen molar-refractivity contribution in [3.05, 3.63) is 72.1 Å². The molecule has 1 aliphatic rings. The number of anilines is 1. The third kappa shape index (κ3) is 5.96. The maximum absolute atomic E-state index is 12.9. The molecule has 0 radical (unpaired) electrons. The van der Waals surface area contributed by atoms with Crippen LogP contribution in [-0.2, 0) is 6.54 Å². The second kappa shape index (κ2) is 9.60. The molecule has 0 amide bonds. The second-order valence-corrected chi connectivity index (χ2v) is 7.96. The Morgan fingerprint density at radius 3 is 2.29 bits per heavy atom. The molecule has 2 N–H and O–H groups in total. The number of benzene rings is 2. The molecule has 1 aromatic heterocycles. The average molecular weight is 473 g/mol. The summed E-state index contributed by atoms with van der Waals surface area (Å²) in [6.07, 6.45) is -2.12. The summed E-state index contributed by atoms with van der Waals surface area (Å²) in [5, 5.41) is 18.7. The van der Waals surface area contributed by atoms with Crippen LogP contribution in [0.15, 0.2) is 60.9 Å². The van der Waals surface area contributed by atoms with Gasteiger partial charge in [0.15, 0.2) is 0 Å². The molecule has 0 aliphatic carbocycles. The Morgan fingerprint density at radius 1 is 0.971 bits per heavy atom. The predicted molar refractivity (Wildman–Crippen MR) is 119 cm³/mol. The van der Waals surface area contributed by atoms with Crippen LogP contribution in [-0.4, -0.2) is 58.6 Å². The number of ether oxygens (including phenoxy) is 1. The third-order valence-corrected chi connectivity index (χ3v) is 5.51. The highest BCUT2D eigenvalue weighted by atomic mass is 19.4. The minimum absolute atomic E-state index is 0.0892. The number of hydrogen-bond acceptors (Lipinski definition) is 6. The smallest absolute Gasteiger partial charge is 0.506 e. The number of carboxylic acid groups (broad SMARTS) is 1. The van der Waals surface area contributed by atoms with Crippen LogP contribution in [0.3, 0.4) is 0 Å². The molecule has 0 atom stereocenters. The number of hydrogen-bond donors (Lipinski definition) is 2. The average Bonchev–Trinajstić information content (AvgIpc) is 2.78. The van der Waals surface area contributed by atoms with Crippen molar-refractivity contribution in [3.8, 4) is 22.6 Å². The number of aromatic hydroxyl groups is 1. The Bertz CT molecular complexity index is 1160. The number of aromatic carboxylic acids is 1. The van der Waals surface area contributed by atoms with E-state index in [0.29, 0.717) is 49.4 Å². The zero-order chi connectivity index (χ0) is 24.3. The molecule has 34 heavy (non-hydrogen) atoms. The van der Waals surface area contributed by atoms with Gasteiger partial charge in [0, 0.05) is 50.2 Å². The Hall–Kier alpha value is -3.79. The second-order valence-electron chi connectivity index (χ2n) is 7.96. The number of carbonyl (C=O) groups is 1. The number of rotatable bonds is 6. The lowest BCUT2D eigenvalue weighted by atomic mass is 10.0. The molecular weight excluding hydrogens is 451 g/mol. The highest BCUT2D eigenvalue weighted by Gasteiger charge is 2.31. The van der Waals surface area contributed by atoms with Crippen LogP contribution in [0, 0.1) is 0 Å². The van der Waals surface area contributed by atoms with Crippen LogP contribution in [0.5, 0.6) is 11.5 Å². The van der Waals surface area contributed by atoms with Crippen molar-refractivity contribution in [1.29, 1.82) is 0 Å². The van der Waals surface area contributed by atoms with Crippen molar-refractivity contribution in [2.45, 2.75) is 12.9 Å². The van der Waals surface area contributed by atoms with Gasteiger partial charge >= 0.3 is 12.3 Å². The van der Waals surface area contributed by atoms with Crippen molar-refractivity contribution in [2.75, 3.05) is 31.1 Å². The molecule has 1 fully saturated rings. The molecule has 1 saturated heterocycles. The van der Waals surface area contributed by atoms with E-state index in [0.717, 1.165) is 5.69 Å². The van der Waals surface area contributed by atoms with Crippen molar-refractivity contribution in [2.24, 2.45) is 0 Å².